The molecule has 132 valence electrons. The highest BCUT2D eigenvalue weighted by Crippen LogP contribution is 2.34. The van der Waals surface area contributed by atoms with Gasteiger partial charge in [-0.15, -0.1) is 0 Å². The maximum atomic E-state index is 12.2. The van der Waals surface area contributed by atoms with Crippen molar-refractivity contribution in [3.8, 4) is 5.75 Å². The first-order chi connectivity index (χ1) is 12.0. The highest BCUT2D eigenvalue weighted by molar-refractivity contribution is 5.89. The molecule has 1 N–H and O–H groups in total. The Balaban J connectivity index is 1.95. The molecule has 1 aliphatic rings. The Morgan fingerprint density at radius 3 is 2.68 bits per heavy atom. The van der Waals surface area contributed by atoms with E-state index in [0.29, 0.717) is 28.7 Å². The Hall–Kier alpha value is -2.83. The minimum absolute atomic E-state index is 0.314. The quantitative estimate of drug-likeness (QED) is 0.778. The van der Waals surface area contributed by atoms with Crippen molar-refractivity contribution in [2.24, 2.45) is 0 Å². The van der Waals surface area contributed by atoms with E-state index in [1.165, 1.54) is 0 Å². The number of carboxylic acids is 1. The van der Waals surface area contributed by atoms with E-state index in [2.05, 4.69) is 5.32 Å². The molecular formula is C18H18NO6-. The standard InChI is InChI=1S/C18H19NO6/c1-10-6-13(24-9-15(20)19-8-16(21)22)17-11-4-2-3-5-12(11)18(23)25-14(17)7-10/h6-7H,2-5,8-9H2,1H3,(H,19,20)(H,21,22)/p-1. The maximum Gasteiger partial charge on any atom is 0.339 e. The van der Waals surface area contributed by atoms with Gasteiger partial charge in [-0.25, -0.2) is 4.79 Å². The third kappa shape index (κ3) is 3.65. The summed E-state index contributed by atoms with van der Waals surface area (Å²) in [6, 6.07) is 3.55. The van der Waals surface area contributed by atoms with Crippen LogP contribution in [-0.4, -0.2) is 25.0 Å². The fourth-order valence-corrected chi connectivity index (χ4v) is 3.15. The van der Waals surface area contributed by atoms with Gasteiger partial charge in [0.2, 0.25) is 0 Å². The van der Waals surface area contributed by atoms with Crippen LogP contribution in [0.3, 0.4) is 0 Å². The number of amides is 1. The van der Waals surface area contributed by atoms with Crippen LogP contribution in [0.25, 0.3) is 11.0 Å². The lowest BCUT2D eigenvalue weighted by Gasteiger charge is -2.18. The first kappa shape index (κ1) is 17.0. The molecule has 0 atom stereocenters. The van der Waals surface area contributed by atoms with Crippen molar-refractivity contribution in [3.05, 3.63) is 39.2 Å². The molecule has 0 bridgehead atoms. The van der Waals surface area contributed by atoms with Crippen molar-refractivity contribution in [2.45, 2.75) is 32.6 Å². The Kier molecular flexibility index (Phi) is 4.74. The van der Waals surface area contributed by atoms with Crippen molar-refractivity contribution in [3.63, 3.8) is 0 Å². The first-order valence-corrected chi connectivity index (χ1v) is 8.14. The monoisotopic (exact) mass is 344 g/mol. The summed E-state index contributed by atoms with van der Waals surface area (Å²) in [7, 11) is 0. The summed E-state index contributed by atoms with van der Waals surface area (Å²) in [5, 5.41) is 13.3. The van der Waals surface area contributed by atoms with Crippen LogP contribution in [0.15, 0.2) is 21.3 Å². The van der Waals surface area contributed by atoms with Gasteiger partial charge < -0.3 is 24.4 Å². The molecule has 0 unspecified atom stereocenters. The SMILES string of the molecule is Cc1cc(OCC(=O)NCC(=O)[O-])c2c3c(c(=O)oc2c1)CCCC3. The normalized spacial score (nSPS) is 13.3. The molecule has 7 nitrogen and oxygen atoms in total. The molecule has 1 heterocycles. The van der Waals surface area contributed by atoms with Gasteiger partial charge in [-0.2, -0.15) is 0 Å². The number of benzene rings is 1. The average molecular weight is 344 g/mol. The van der Waals surface area contributed by atoms with Crippen LogP contribution in [-0.2, 0) is 22.4 Å². The zero-order valence-corrected chi connectivity index (χ0v) is 13.8. The summed E-state index contributed by atoms with van der Waals surface area (Å²) in [5.74, 6) is -1.48. The molecule has 7 heteroatoms. The van der Waals surface area contributed by atoms with Gasteiger partial charge in [0, 0.05) is 5.56 Å². The van der Waals surface area contributed by atoms with Crippen LogP contribution in [0.1, 0.15) is 29.5 Å². The molecule has 1 aromatic carbocycles. The predicted octanol–water partition coefficient (Wildman–Crippen LogP) is 0.225. The van der Waals surface area contributed by atoms with E-state index in [-0.39, 0.29) is 12.2 Å². The van der Waals surface area contributed by atoms with Crippen LogP contribution < -0.4 is 20.8 Å². The molecule has 0 radical (unpaired) electrons. The van der Waals surface area contributed by atoms with Gasteiger partial charge in [0.05, 0.1) is 17.9 Å². The Morgan fingerprint density at radius 2 is 1.96 bits per heavy atom. The fourth-order valence-electron chi connectivity index (χ4n) is 3.15. The lowest BCUT2D eigenvalue weighted by atomic mass is 9.90. The molecule has 3 rings (SSSR count). The molecule has 1 aliphatic carbocycles. The molecule has 1 aromatic heterocycles. The van der Waals surface area contributed by atoms with Gasteiger partial charge in [0.1, 0.15) is 11.3 Å². The largest absolute Gasteiger partial charge is 0.548 e. The molecular weight excluding hydrogens is 326 g/mol. The first-order valence-electron chi connectivity index (χ1n) is 8.14. The summed E-state index contributed by atoms with van der Waals surface area (Å²) >= 11 is 0. The van der Waals surface area contributed by atoms with E-state index in [9.17, 15) is 19.5 Å². The number of rotatable bonds is 5. The van der Waals surface area contributed by atoms with Gasteiger partial charge in [-0.05, 0) is 55.9 Å². The number of carbonyl (C=O) groups is 2. The Labute approximate surface area is 143 Å². The highest BCUT2D eigenvalue weighted by Gasteiger charge is 2.21. The van der Waals surface area contributed by atoms with Crippen molar-refractivity contribution in [1.29, 1.82) is 0 Å². The topological polar surface area (TPSA) is 109 Å². The van der Waals surface area contributed by atoms with Crippen molar-refractivity contribution < 1.29 is 23.8 Å². The smallest absolute Gasteiger partial charge is 0.339 e. The molecule has 25 heavy (non-hydrogen) atoms. The fraction of sp³-hybridized carbons (Fsp3) is 0.389. The number of carboxylic acid groups (broad SMARTS) is 1. The molecule has 0 fully saturated rings. The molecule has 0 spiro atoms. The second-order valence-electron chi connectivity index (χ2n) is 6.13. The third-order valence-corrected chi connectivity index (χ3v) is 4.22. The van der Waals surface area contributed by atoms with Gasteiger partial charge in [-0.3, -0.25) is 4.79 Å². The summed E-state index contributed by atoms with van der Waals surface area (Å²) in [5.41, 5.74) is 2.55. The van der Waals surface area contributed by atoms with E-state index >= 15 is 0 Å². The molecule has 2 aromatic rings. The molecule has 0 aliphatic heterocycles. The second kappa shape index (κ2) is 6.96. The van der Waals surface area contributed by atoms with Crippen molar-refractivity contribution in [1.82, 2.24) is 5.32 Å². The van der Waals surface area contributed by atoms with Crippen LogP contribution in [0.5, 0.6) is 5.75 Å². The summed E-state index contributed by atoms with van der Waals surface area (Å²) in [4.78, 5) is 34.2. The number of carbonyl (C=O) groups excluding carboxylic acids is 2. The molecule has 1 amide bonds. The van der Waals surface area contributed by atoms with E-state index in [1.54, 1.807) is 12.1 Å². The van der Waals surface area contributed by atoms with E-state index in [4.69, 9.17) is 9.15 Å². The molecule has 0 saturated heterocycles. The molecule has 0 saturated carbocycles. The van der Waals surface area contributed by atoms with E-state index in [1.807, 2.05) is 6.92 Å². The van der Waals surface area contributed by atoms with E-state index < -0.39 is 18.4 Å². The summed E-state index contributed by atoms with van der Waals surface area (Å²) < 4.78 is 11.1. The minimum Gasteiger partial charge on any atom is -0.548 e. The van der Waals surface area contributed by atoms with Crippen LogP contribution in [0.4, 0.5) is 0 Å². The van der Waals surface area contributed by atoms with Gasteiger partial charge >= 0.3 is 5.63 Å². The zero-order valence-electron chi connectivity index (χ0n) is 13.8. The Bertz CT molecular complexity index is 899. The van der Waals surface area contributed by atoms with Gasteiger partial charge in [-0.1, -0.05) is 0 Å². The summed E-state index contributed by atoms with van der Waals surface area (Å²) in [6.07, 6.45) is 3.35. The lowest BCUT2D eigenvalue weighted by molar-refractivity contribution is -0.304. The number of fused-ring (bicyclic) bond motifs is 3. The Morgan fingerprint density at radius 1 is 1.24 bits per heavy atom. The maximum absolute atomic E-state index is 12.2. The number of nitrogens with one attached hydrogen (secondary N) is 1. The summed E-state index contributed by atoms with van der Waals surface area (Å²) in [6.45, 7) is 0.933. The van der Waals surface area contributed by atoms with Crippen molar-refractivity contribution in [2.75, 3.05) is 13.2 Å². The second-order valence-corrected chi connectivity index (χ2v) is 6.13. The average Bonchev–Trinajstić information content (AvgIpc) is 2.57. The number of aliphatic carboxylic acids is 1. The highest BCUT2D eigenvalue weighted by atomic mass is 16.5. The number of ether oxygens (including phenoxy) is 1. The minimum atomic E-state index is -1.37. The number of aryl methyl sites for hydroxylation is 2. The van der Waals surface area contributed by atoms with Gasteiger partial charge in [0.25, 0.3) is 5.91 Å². The van der Waals surface area contributed by atoms with E-state index in [0.717, 1.165) is 30.4 Å². The van der Waals surface area contributed by atoms with Crippen LogP contribution in [0, 0.1) is 6.92 Å². The van der Waals surface area contributed by atoms with Crippen molar-refractivity contribution >= 4 is 22.8 Å². The number of hydrogen-bond acceptors (Lipinski definition) is 6. The van der Waals surface area contributed by atoms with Crippen LogP contribution in [0.2, 0.25) is 0 Å². The number of hydrogen-bond donors (Lipinski definition) is 1. The van der Waals surface area contributed by atoms with Gasteiger partial charge in [0.15, 0.2) is 6.61 Å². The zero-order chi connectivity index (χ0) is 18.0. The van der Waals surface area contributed by atoms with Crippen LogP contribution >= 0.6 is 0 Å². The third-order valence-electron chi connectivity index (χ3n) is 4.22. The lowest BCUT2D eigenvalue weighted by Crippen LogP contribution is -2.39. The predicted molar refractivity (Wildman–Crippen MR) is 87.4 cm³/mol.